The van der Waals surface area contributed by atoms with Crippen molar-refractivity contribution in [2.75, 3.05) is 18.0 Å². The van der Waals surface area contributed by atoms with Crippen molar-refractivity contribution in [3.8, 4) is 0 Å². The molecule has 0 bridgehead atoms. The van der Waals surface area contributed by atoms with E-state index in [4.69, 9.17) is 23.2 Å². The van der Waals surface area contributed by atoms with Gasteiger partial charge in [0.2, 0.25) is 5.91 Å². The van der Waals surface area contributed by atoms with Crippen LogP contribution in [0.25, 0.3) is 10.2 Å². The van der Waals surface area contributed by atoms with Gasteiger partial charge in [-0.1, -0.05) is 46.7 Å². The van der Waals surface area contributed by atoms with E-state index in [1.54, 1.807) is 23.2 Å². The van der Waals surface area contributed by atoms with Gasteiger partial charge >= 0.3 is 0 Å². The fourth-order valence-corrected chi connectivity index (χ4v) is 8.49. The summed E-state index contributed by atoms with van der Waals surface area (Å²) in [5.41, 5.74) is 1.34. The Kier molecular flexibility index (Phi) is 7.11. The lowest BCUT2D eigenvalue weighted by Gasteiger charge is -2.33. The van der Waals surface area contributed by atoms with E-state index < -0.39 is 15.9 Å². The van der Waals surface area contributed by atoms with E-state index >= 15 is 0 Å². The van der Waals surface area contributed by atoms with Crippen LogP contribution in [-0.2, 0) is 21.4 Å². The highest BCUT2D eigenvalue weighted by molar-refractivity contribution is 7.91. The highest BCUT2D eigenvalue weighted by Gasteiger charge is 2.37. The van der Waals surface area contributed by atoms with Crippen LogP contribution < -0.4 is 4.90 Å². The number of fused-ring (bicyclic) bond motifs is 1. The van der Waals surface area contributed by atoms with Gasteiger partial charge in [0.05, 0.1) is 32.2 Å². The number of nitrogens with zero attached hydrogens (tertiary/aromatic N) is 4. The first-order valence-electron chi connectivity index (χ1n) is 10.8. The average Bonchev–Trinajstić information content (AvgIpc) is 3.50. The number of aromatic nitrogens is 2. The summed E-state index contributed by atoms with van der Waals surface area (Å²) in [6.07, 6.45) is 2.84. The number of hydrogen-bond donors (Lipinski definition) is 0. The number of rotatable bonds is 6. The predicted molar refractivity (Wildman–Crippen MR) is 141 cm³/mol. The smallest absolute Gasteiger partial charge is 0.252 e. The number of pyridine rings is 1. The molecule has 1 aliphatic rings. The van der Waals surface area contributed by atoms with E-state index in [9.17, 15) is 13.2 Å². The van der Waals surface area contributed by atoms with Crippen LogP contribution in [0.15, 0.2) is 58.9 Å². The van der Waals surface area contributed by atoms with Crippen LogP contribution >= 0.6 is 45.9 Å². The number of carbonyl (C=O) groups is 1. The molecular weight excluding hydrogens is 547 g/mol. The molecule has 1 aliphatic heterocycles. The van der Waals surface area contributed by atoms with Crippen LogP contribution in [0.4, 0.5) is 5.13 Å². The van der Waals surface area contributed by atoms with Crippen LogP contribution in [0.3, 0.4) is 0 Å². The standard InChI is InChI=1S/C23H20Cl2N4O3S3/c24-17-7-3-8-18-21(17)27-23(33-18)29(14-16-6-1-2-11-26-16)22(30)15-5-4-12-28(13-15)35(31,32)20-10-9-19(25)34-20/h1-3,6-11,15H,4-5,12-14H2. The van der Waals surface area contributed by atoms with E-state index in [2.05, 4.69) is 9.97 Å². The van der Waals surface area contributed by atoms with Crippen LogP contribution in [0, 0.1) is 5.92 Å². The number of hydrogen-bond acceptors (Lipinski definition) is 7. The van der Waals surface area contributed by atoms with Gasteiger partial charge in [-0.2, -0.15) is 4.31 Å². The molecule has 182 valence electrons. The number of thiazole rings is 1. The number of benzene rings is 1. The minimum atomic E-state index is -3.73. The monoisotopic (exact) mass is 566 g/mol. The molecule has 1 fully saturated rings. The molecular formula is C23H20Cl2N4O3S3. The molecule has 1 saturated heterocycles. The molecule has 0 N–H and O–H groups in total. The molecule has 5 rings (SSSR count). The molecule has 1 amide bonds. The zero-order chi connectivity index (χ0) is 24.6. The van der Waals surface area contributed by atoms with Gasteiger partial charge in [-0.05, 0) is 49.2 Å². The molecule has 12 heteroatoms. The molecule has 0 aliphatic carbocycles. The van der Waals surface area contributed by atoms with E-state index in [1.165, 1.54) is 21.7 Å². The van der Waals surface area contributed by atoms with Crippen LogP contribution in [0.2, 0.25) is 9.36 Å². The quantitative estimate of drug-likeness (QED) is 0.299. The molecule has 0 spiro atoms. The molecule has 0 saturated carbocycles. The maximum Gasteiger partial charge on any atom is 0.252 e. The van der Waals surface area contributed by atoms with E-state index in [1.807, 2.05) is 30.3 Å². The van der Waals surface area contributed by atoms with Crippen molar-refractivity contribution in [2.24, 2.45) is 5.92 Å². The number of sulfonamides is 1. The summed E-state index contributed by atoms with van der Waals surface area (Å²) in [5.74, 6) is -0.699. The van der Waals surface area contributed by atoms with Gasteiger partial charge in [-0.3, -0.25) is 14.7 Å². The van der Waals surface area contributed by atoms with Gasteiger partial charge in [0, 0.05) is 19.3 Å². The molecule has 0 radical (unpaired) electrons. The number of para-hydroxylation sites is 1. The molecule has 35 heavy (non-hydrogen) atoms. The van der Waals surface area contributed by atoms with Crippen molar-refractivity contribution in [1.82, 2.24) is 14.3 Å². The highest BCUT2D eigenvalue weighted by Crippen LogP contribution is 2.36. The Morgan fingerprint density at radius 1 is 1.11 bits per heavy atom. The summed E-state index contributed by atoms with van der Waals surface area (Å²) in [7, 11) is -3.73. The normalized spacial score (nSPS) is 17.0. The SMILES string of the molecule is O=C(C1CCCN(S(=O)(=O)c2ccc(Cl)s2)C1)N(Cc1ccccn1)c1nc2c(Cl)cccc2s1. The average molecular weight is 568 g/mol. The molecule has 1 atom stereocenters. The molecule has 3 aromatic heterocycles. The van der Waals surface area contributed by atoms with Gasteiger partial charge in [0.25, 0.3) is 10.0 Å². The summed E-state index contributed by atoms with van der Waals surface area (Å²) >= 11 is 14.7. The Bertz CT molecular complexity index is 1470. The first-order valence-corrected chi connectivity index (χ1v) is 14.7. The maximum atomic E-state index is 13.9. The van der Waals surface area contributed by atoms with Crippen molar-refractivity contribution in [3.05, 3.63) is 69.8 Å². The van der Waals surface area contributed by atoms with Gasteiger partial charge in [-0.25, -0.2) is 13.4 Å². The minimum Gasteiger partial charge on any atom is -0.282 e. The third-order valence-corrected chi connectivity index (χ3v) is 10.7. The molecule has 7 nitrogen and oxygen atoms in total. The number of anilines is 1. The third kappa shape index (κ3) is 5.09. The highest BCUT2D eigenvalue weighted by atomic mass is 35.5. The minimum absolute atomic E-state index is 0.0983. The Morgan fingerprint density at radius 3 is 2.69 bits per heavy atom. The molecule has 4 heterocycles. The van der Waals surface area contributed by atoms with Crippen molar-refractivity contribution in [3.63, 3.8) is 0 Å². The fourth-order valence-electron chi connectivity index (χ4n) is 4.06. The summed E-state index contributed by atoms with van der Waals surface area (Å²) in [6.45, 7) is 0.681. The fraction of sp³-hybridized carbons (Fsp3) is 0.261. The number of carbonyl (C=O) groups excluding carboxylic acids is 1. The Labute approximate surface area is 221 Å². The summed E-state index contributed by atoms with van der Waals surface area (Å²) in [4.78, 5) is 24.5. The molecule has 1 aromatic carbocycles. The predicted octanol–water partition coefficient (Wildman–Crippen LogP) is 5.69. The largest absolute Gasteiger partial charge is 0.282 e. The molecule has 4 aromatic rings. The van der Waals surface area contributed by atoms with Gasteiger partial charge in [-0.15, -0.1) is 11.3 Å². The zero-order valence-corrected chi connectivity index (χ0v) is 22.3. The second kappa shape index (κ2) is 10.1. The van der Waals surface area contributed by atoms with E-state index in [-0.39, 0.29) is 23.2 Å². The van der Waals surface area contributed by atoms with Gasteiger partial charge in [0.15, 0.2) is 5.13 Å². The van der Waals surface area contributed by atoms with E-state index in [0.29, 0.717) is 45.1 Å². The summed E-state index contributed by atoms with van der Waals surface area (Å²) in [6, 6.07) is 14.1. The van der Waals surface area contributed by atoms with E-state index in [0.717, 1.165) is 16.0 Å². The number of thiophene rings is 1. The zero-order valence-electron chi connectivity index (χ0n) is 18.3. The molecule has 1 unspecified atom stereocenters. The Balaban J connectivity index is 1.46. The lowest BCUT2D eigenvalue weighted by atomic mass is 9.98. The number of piperidine rings is 1. The van der Waals surface area contributed by atoms with Crippen molar-refractivity contribution in [1.29, 1.82) is 0 Å². The number of halogens is 2. The third-order valence-electron chi connectivity index (χ3n) is 5.78. The van der Waals surface area contributed by atoms with Crippen molar-refractivity contribution < 1.29 is 13.2 Å². The van der Waals surface area contributed by atoms with Gasteiger partial charge < -0.3 is 0 Å². The maximum absolute atomic E-state index is 13.9. The Hall–Kier alpha value is -2.08. The first-order chi connectivity index (χ1) is 16.8. The summed E-state index contributed by atoms with van der Waals surface area (Å²) in [5, 5.41) is 1.02. The summed E-state index contributed by atoms with van der Waals surface area (Å²) < 4.78 is 29.2. The van der Waals surface area contributed by atoms with Crippen LogP contribution in [-0.4, -0.2) is 41.7 Å². The lowest BCUT2D eigenvalue weighted by Crippen LogP contribution is -2.46. The topological polar surface area (TPSA) is 83.5 Å². The van der Waals surface area contributed by atoms with Crippen molar-refractivity contribution in [2.45, 2.75) is 23.6 Å². The van der Waals surface area contributed by atoms with Crippen molar-refractivity contribution >= 4 is 77.2 Å². The number of amides is 1. The second-order valence-electron chi connectivity index (χ2n) is 8.09. The van der Waals surface area contributed by atoms with Crippen LogP contribution in [0.1, 0.15) is 18.5 Å². The van der Waals surface area contributed by atoms with Crippen LogP contribution in [0.5, 0.6) is 0 Å². The lowest BCUT2D eigenvalue weighted by molar-refractivity contribution is -0.123. The second-order valence-corrected chi connectivity index (χ2v) is 13.4. The Morgan fingerprint density at radius 2 is 1.97 bits per heavy atom. The first kappa shape index (κ1) is 24.6. The van der Waals surface area contributed by atoms with Gasteiger partial charge in [0.1, 0.15) is 9.73 Å².